The second kappa shape index (κ2) is 7.26. The summed E-state index contributed by atoms with van der Waals surface area (Å²) in [6.45, 7) is 4.55. The van der Waals surface area contributed by atoms with Crippen LogP contribution in [0.15, 0.2) is 36.4 Å². The van der Waals surface area contributed by atoms with Crippen LogP contribution in [0.2, 0.25) is 15.1 Å². The van der Waals surface area contributed by atoms with Gasteiger partial charge in [0.15, 0.2) is 0 Å². The van der Waals surface area contributed by atoms with E-state index in [9.17, 15) is 0 Å². The Morgan fingerprint density at radius 2 is 1.71 bits per heavy atom. The molecule has 0 aromatic heterocycles. The van der Waals surface area contributed by atoms with Crippen molar-refractivity contribution in [3.8, 4) is 5.75 Å². The summed E-state index contributed by atoms with van der Waals surface area (Å²) >= 11 is 18.2. The van der Waals surface area contributed by atoms with Gasteiger partial charge in [-0.1, -0.05) is 40.9 Å². The van der Waals surface area contributed by atoms with Gasteiger partial charge in [-0.3, -0.25) is 0 Å². The first-order valence-electron chi connectivity index (χ1n) is 6.65. The van der Waals surface area contributed by atoms with Gasteiger partial charge in [0.1, 0.15) is 5.75 Å². The van der Waals surface area contributed by atoms with Gasteiger partial charge >= 0.3 is 0 Å². The molecule has 0 amide bonds. The van der Waals surface area contributed by atoms with Crippen molar-refractivity contribution in [2.24, 2.45) is 0 Å². The van der Waals surface area contributed by atoms with Crippen molar-refractivity contribution < 1.29 is 4.74 Å². The van der Waals surface area contributed by atoms with E-state index in [1.54, 1.807) is 12.1 Å². The summed E-state index contributed by atoms with van der Waals surface area (Å²) in [6.07, 6.45) is 0. The molecule has 1 atom stereocenters. The predicted molar refractivity (Wildman–Crippen MR) is 91.1 cm³/mol. The van der Waals surface area contributed by atoms with E-state index in [0.29, 0.717) is 21.7 Å². The highest BCUT2D eigenvalue weighted by molar-refractivity contribution is 6.35. The minimum Gasteiger partial charge on any atom is -0.492 e. The lowest BCUT2D eigenvalue weighted by Crippen LogP contribution is -2.09. The fourth-order valence-corrected chi connectivity index (χ4v) is 2.80. The first kappa shape index (κ1) is 16.3. The maximum absolute atomic E-state index is 6.24. The van der Waals surface area contributed by atoms with Crippen LogP contribution in [0.1, 0.15) is 25.5 Å². The van der Waals surface area contributed by atoms with Crippen LogP contribution in [0.25, 0.3) is 0 Å². The zero-order valence-corrected chi connectivity index (χ0v) is 14.1. The lowest BCUT2D eigenvalue weighted by molar-refractivity contribution is 0.341. The minimum atomic E-state index is -0.00700. The molecule has 21 heavy (non-hydrogen) atoms. The van der Waals surface area contributed by atoms with Gasteiger partial charge in [0.2, 0.25) is 0 Å². The quantitative estimate of drug-likeness (QED) is 0.695. The lowest BCUT2D eigenvalue weighted by atomic mass is 10.1. The Hall–Kier alpha value is -1.09. The van der Waals surface area contributed by atoms with Crippen LogP contribution in [0, 0.1) is 0 Å². The molecule has 0 radical (unpaired) electrons. The van der Waals surface area contributed by atoms with Crippen molar-refractivity contribution in [3.63, 3.8) is 0 Å². The van der Waals surface area contributed by atoms with E-state index < -0.39 is 0 Å². The molecule has 2 aromatic rings. The van der Waals surface area contributed by atoms with Gasteiger partial charge in [0, 0.05) is 15.1 Å². The highest BCUT2D eigenvalue weighted by Gasteiger charge is 2.13. The Labute approximate surface area is 140 Å². The number of rotatable bonds is 5. The smallest absolute Gasteiger partial charge is 0.142 e. The molecular formula is C16H16Cl3NO. The van der Waals surface area contributed by atoms with Gasteiger partial charge in [-0.15, -0.1) is 0 Å². The van der Waals surface area contributed by atoms with E-state index in [1.807, 2.05) is 38.1 Å². The highest BCUT2D eigenvalue weighted by atomic mass is 35.5. The Balaban J connectivity index is 2.26. The molecule has 112 valence electrons. The standard InChI is InChI=1S/C16H16Cl3NO/c1-3-21-16-7-5-12(18)9-15(16)20-10(2)13-6-4-11(17)8-14(13)19/h4-10,20H,3H2,1-2H3. The highest BCUT2D eigenvalue weighted by Crippen LogP contribution is 2.33. The third-order valence-corrected chi connectivity index (χ3v) is 3.84. The average molecular weight is 345 g/mol. The van der Waals surface area contributed by atoms with Crippen LogP contribution >= 0.6 is 34.8 Å². The number of nitrogens with one attached hydrogen (secondary N) is 1. The molecule has 0 bridgehead atoms. The molecule has 0 aliphatic heterocycles. The van der Waals surface area contributed by atoms with Gasteiger partial charge in [-0.25, -0.2) is 0 Å². The summed E-state index contributed by atoms with van der Waals surface area (Å²) < 4.78 is 5.60. The van der Waals surface area contributed by atoms with E-state index in [2.05, 4.69) is 5.32 Å². The van der Waals surface area contributed by atoms with Crippen LogP contribution < -0.4 is 10.1 Å². The van der Waals surface area contributed by atoms with Gasteiger partial charge < -0.3 is 10.1 Å². The van der Waals surface area contributed by atoms with E-state index in [0.717, 1.165) is 17.0 Å². The fourth-order valence-electron chi connectivity index (χ4n) is 2.06. The molecule has 0 saturated heterocycles. The van der Waals surface area contributed by atoms with Gasteiger partial charge in [-0.05, 0) is 49.7 Å². The van der Waals surface area contributed by atoms with Gasteiger partial charge in [0.25, 0.3) is 0 Å². The number of halogens is 3. The third kappa shape index (κ3) is 4.19. The third-order valence-electron chi connectivity index (χ3n) is 3.04. The van der Waals surface area contributed by atoms with Crippen LogP contribution in [0.3, 0.4) is 0 Å². The molecule has 0 saturated carbocycles. The molecule has 2 rings (SSSR count). The molecule has 2 aromatic carbocycles. The molecule has 0 spiro atoms. The largest absolute Gasteiger partial charge is 0.492 e. The first-order chi connectivity index (χ1) is 10.0. The molecule has 1 unspecified atom stereocenters. The van der Waals surface area contributed by atoms with Crippen molar-refractivity contribution >= 4 is 40.5 Å². The van der Waals surface area contributed by atoms with Crippen molar-refractivity contribution in [2.45, 2.75) is 19.9 Å². The molecule has 0 aliphatic rings. The zero-order chi connectivity index (χ0) is 15.4. The lowest BCUT2D eigenvalue weighted by Gasteiger charge is -2.19. The summed E-state index contributed by atoms with van der Waals surface area (Å²) in [4.78, 5) is 0. The van der Waals surface area contributed by atoms with Crippen molar-refractivity contribution in [3.05, 3.63) is 57.0 Å². The van der Waals surface area contributed by atoms with Crippen molar-refractivity contribution in [2.75, 3.05) is 11.9 Å². The summed E-state index contributed by atoms with van der Waals surface area (Å²) in [5.74, 6) is 0.763. The molecule has 5 heteroatoms. The Morgan fingerprint density at radius 3 is 2.38 bits per heavy atom. The monoisotopic (exact) mass is 343 g/mol. The summed E-state index contributed by atoms with van der Waals surface area (Å²) in [7, 11) is 0. The maximum atomic E-state index is 6.24. The molecule has 0 heterocycles. The second-order valence-corrected chi connectivity index (χ2v) is 5.89. The second-order valence-electron chi connectivity index (χ2n) is 4.61. The van der Waals surface area contributed by atoms with E-state index in [1.165, 1.54) is 0 Å². The molecule has 0 fully saturated rings. The summed E-state index contributed by atoms with van der Waals surface area (Å²) in [6, 6.07) is 11.0. The SMILES string of the molecule is CCOc1ccc(Cl)cc1NC(C)c1ccc(Cl)cc1Cl. The zero-order valence-electron chi connectivity index (χ0n) is 11.8. The molecule has 2 nitrogen and oxygen atoms in total. The average Bonchev–Trinajstić information content (AvgIpc) is 2.41. The number of hydrogen-bond acceptors (Lipinski definition) is 2. The fraction of sp³-hybridized carbons (Fsp3) is 0.250. The number of benzene rings is 2. The van der Waals surface area contributed by atoms with Crippen molar-refractivity contribution in [1.82, 2.24) is 0 Å². The first-order valence-corrected chi connectivity index (χ1v) is 7.78. The molecular weight excluding hydrogens is 329 g/mol. The van der Waals surface area contributed by atoms with E-state index in [4.69, 9.17) is 39.5 Å². The van der Waals surface area contributed by atoms with E-state index in [-0.39, 0.29) is 6.04 Å². The van der Waals surface area contributed by atoms with E-state index >= 15 is 0 Å². The van der Waals surface area contributed by atoms with Crippen LogP contribution in [0.5, 0.6) is 5.75 Å². The Morgan fingerprint density at radius 1 is 1.05 bits per heavy atom. The predicted octanol–water partition coefficient (Wildman–Crippen LogP) is 6.22. The van der Waals surface area contributed by atoms with Crippen LogP contribution in [0.4, 0.5) is 5.69 Å². The normalized spacial score (nSPS) is 12.0. The minimum absolute atomic E-state index is 0.00700. The summed E-state index contributed by atoms with van der Waals surface area (Å²) in [5, 5.41) is 5.27. The Kier molecular flexibility index (Phi) is 5.63. The number of anilines is 1. The number of ether oxygens (including phenoxy) is 1. The Bertz CT molecular complexity index is 631. The van der Waals surface area contributed by atoms with Gasteiger partial charge in [-0.2, -0.15) is 0 Å². The molecule has 1 N–H and O–H groups in total. The summed E-state index contributed by atoms with van der Waals surface area (Å²) in [5.41, 5.74) is 1.80. The topological polar surface area (TPSA) is 21.3 Å². The van der Waals surface area contributed by atoms with Crippen molar-refractivity contribution in [1.29, 1.82) is 0 Å². The van der Waals surface area contributed by atoms with Crippen LogP contribution in [-0.2, 0) is 0 Å². The number of hydrogen-bond donors (Lipinski definition) is 1. The van der Waals surface area contributed by atoms with Crippen LogP contribution in [-0.4, -0.2) is 6.61 Å². The molecule has 0 aliphatic carbocycles. The maximum Gasteiger partial charge on any atom is 0.142 e. The van der Waals surface area contributed by atoms with Gasteiger partial charge in [0.05, 0.1) is 18.3 Å².